The minimum atomic E-state index is -0.0470. The normalized spacial score (nSPS) is 10.9. The smallest absolute Gasteiger partial charge is 0.257 e. The highest BCUT2D eigenvalue weighted by Gasteiger charge is 2.17. The van der Waals surface area contributed by atoms with Crippen LogP contribution in [0.2, 0.25) is 0 Å². The van der Waals surface area contributed by atoms with Crippen LogP contribution in [0.3, 0.4) is 0 Å². The minimum absolute atomic E-state index is 0.0470. The van der Waals surface area contributed by atoms with Crippen LogP contribution in [0.1, 0.15) is 21.7 Å². The van der Waals surface area contributed by atoms with Crippen molar-refractivity contribution in [3.8, 4) is 0 Å². The van der Waals surface area contributed by atoms with Crippen LogP contribution in [0.15, 0.2) is 35.4 Å². The van der Waals surface area contributed by atoms with E-state index in [1.807, 2.05) is 41.2 Å². The molecule has 0 saturated heterocycles. The first-order valence-electron chi connectivity index (χ1n) is 6.22. The molecule has 3 heterocycles. The largest absolute Gasteiger partial charge is 0.336 e. The second-order valence-corrected chi connectivity index (χ2v) is 5.39. The minimum Gasteiger partial charge on any atom is -0.336 e. The number of fused-ring (bicyclic) bond motifs is 1. The van der Waals surface area contributed by atoms with Crippen molar-refractivity contribution in [2.75, 3.05) is 7.05 Å². The summed E-state index contributed by atoms with van der Waals surface area (Å²) in [6, 6.07) is 3.67. The monoisotopic (exact) mass is 286 g/mol. The van der Waals surface area contributed by atoms with Gasteiger partial charge >= 0.3 is 0 Å². The molecule has 0 bridgehead atoms. The molecule has 0 N–H and O–H groups in total. The lowest BCUT2D eigenvalue weighted by Crippen LogP contribution is -2.26. The molecule has 0 saturated carbocycles. The van der Waals surface area contributed by atoms with Crippen molar-refractivity contribution in [1.29, 1.82) is 0 Å². The van der Waals surface area contributed by atoms with Gasteiger partial charge in [0.25, 0.3) is 5.91 Å². The fourth-order valence-corrected chi connectivity index (χ4v) is 2.69. The molecule has 3 aromatic heterocycles. The summed E-state index contributed by atoms with van der Waals surface area (Å²) in [5, 5.41) is 1.95. The summed E-state index contributed by atoms with van der Waals surface area (Å²) in [4.78, 5) is 22.8. The number of aryl methyl sites for hydroxylation is 1. The molecule has 0 unspecified atom stereocenters. The van der Waals surface area contributed by atoms with Gasteiger partial charge in [0.15, 0.2) is 0 Å². The van der Waals surface area contributed by atoms with Gasteiger partial charge < -0.3 is 9.30 Å². The average Bonchev–Trinajstić information content (AvgIpc) is 3.05. The summed E-state index contributed by atoms with van der Waals surface area (Å²) < 4.78 is 1.87. The van der Waals surface area contributed by atoms with Crippen molar-refractivity contribution >= 4 is 22.9 Å². The Labute approximate surface area is 120 Å². The van der Waals surface area contributed by atoms with Crippen LogP contribution in [0.4, 0.5) is 0 Å². The lowest BCUT2D eigenvalue weighted by Gasteiger charge is -2.16. The molecule has 0 radical (unpaired) electrons. The Balaban J connectivity index is 1.92. The molecule has 1 amide bonds. The Morgan fingerprint density at radius 2 is 2.35 bits per heavy atom. The standard InChI is InChI=1S/C14H14N4OS/c1-10-6-18-5-3-4-12(13(18)16-10)14(19)17(2)7-11-8-20-9-15-11/h3-6,8-9H,7H2,1-2H3. The first-order chi connectivity index (χ1) is 9.65. The molecule has 3 aromatic rings. The number of aromatic nitrogens is 3. The number of hydrogen-bond acceptors (Lipinski definition) is 4. The van der Waals surface area contributed by atoms with E-state index < -0.39 is 0 Å². The topological polar surface area (TPSA) is 50.5 Å². The molecule has 0 aliphatic heterocycles. The van der Waals surface area contributed by atoms with Crippen molar-refractivity contribution in [3.63, 3.8) is 0 Å². The first kappa shape index (κ1) is 12.8. The van der Waals surface area contributed by atoms with E-state index in [1.165, 1.54) is 11.3 Å². The third kappa shape index (κ3) is 2.30. The van der Waals surface area contributed by atoms with Crippen LogP contribution in [0.25, 0.3) is 5.65 Å². The van der Waals surface area contributed by atoms with Crippen LogP contribution in [-0.2, 0) is 6.54 Å². The number of pyridine rings is 1. The predicted octanol–water partition coefficient (Wildman–Crippen LogP) is 2.37. The number of rotatable bonds is 3. The molecular formula is C14H14N4OS. The summed E-state index contributed by atoms with van der Waals surface area (Å²) in [6.45, 7) is 2.42. The third-order valence-electron chi connectivity index (χ3n) is 3.06. The number of carbonyl (C=O) groups excluding carboxylic acids is 1. The van der Waals surface area contributed by atoms with Crippen LogP contribution in [0.5, 0.6) is 0 Å². The number of hydrogen-bond donors (Lipinski definition) is 0. The second kappa shape index (κ2) is 5.05. The van der Waals surface area contributed by atoms with Crippen molar-refractivity contribution in [2.24, 2.45) is 0 Å². The van der Waals surface area contributed by atoms with Gasteiger partial charge in [0.2, 0.25) is 0 Å². The molecule has 6 heteroatoms. The van der Waals surface area contributed by atoms with Gasteiger partial charge in [-0.3, -0.25) is 4.79 Å². The summed E-state index contributed by atoms with van der Waals surface area (Å²) in [7, 11) is 1.78. The van der Waals surface area contributed by atoms with Gasteiger partial charge in [-0.05, 0) is 19.1 Å². The van der Waals surface area contributed by atoms with Gasteiger partial charge in [0.1, 0.15) is 5.65 Å². The van der Waals surface area contributed by atoms with E-state index in [4.69, 9.17) is 0 Å². The highest BCUT2D eigenvalue weighted by molar-refractivity contribution is 7.07. The quantitative estimate of drug-likeness (QED) is 0.742. The first-order valence-corrected chi connectivity index (χ1v) is 7.16. The van der Waals surface area contributed by atoms with E-state index in [0.29, 0.717) is 17.8 Å². The maximum Gasteiger partial charge on any atom is 0.257 e. The van der Waals surface area contributed by atoms with E-state index in [1.54, 1.807) is 17.5 Å². The third-order valence-corrected chi connectivity index (χ3v) is 3.70. The van der Waals surface area contributed by atoms with Crippen LogP contribution in [-0.4, -0.2) is 32.2 Å². The van der Waals surface area contributed by atoms with E-state index in [0.717, 1.165) is 11.4 Å². The maximum atomic E-state index is 12.5. The second-order valence-electron chi connectivity index (χ2n) is 4.68. The van der Waals surface area contributed by atoms with Crippen molar-refractivity contribution in [2.45, 2.75) is 13.5 Å². The number of carbonyl (C=O) groups is 1. The number of imidazole rings is 1. The molecule has 0 spiro atoms. The summed E-state index contributed by atoms with van der Waals surface area (Å²) >= 11 is 1.53. The van der Waals surface area contributed by atoms with E-state index in [9.17, 15) is 4.79 Å². The zero-order valence-corrected chi connectivity index (χ0v) is 12.1. The summed E-state index contributed by atoms with van der Waals surface area (Å²) in [5.41, 5.74) is 4.87. The zero-order chi connectivity index (χ0) is 14.1. The molecule has 0 aromatic carbocycles. The number of amides is 1. The number of nitrogens with zero attached hydrogens (tertiary/aromatic N) is 4. The van der Waals surface area contributed by atoms with Crippen LogP contribution in [0, 0.1) is 6.92 Å². The Hall–Kier alpha value is -2.21. The highest BCUT2D eigenvalue weighted by Crippen LogP contribution is 2.14. The van der Waals surface area contributed by atoms with E-state index in [2.05, 4.69) is 9.97 Å². The predicted molar refractivity (Wildman–Crippen MR) is 77.8 cm³/mol. The lowest BCUT2D eigenvalue weighted by molar-refractivity contribution is 0.0785. The lowest BCUT2D eigenvalue weighted by atomic mass is 10.2. The van der Waals surface area contributed by atoms with Gasteiger partial charge in [-0.1, -0.05) is 0 Å². The SMILES string of the molecule is Cc1cn2cccc(C(=O)N(C)Cc3cscn3)c2n1. The van der Waals surface area contributed by atoms with Crippen molar-refractivity contribution < 1.29 is 4.79 Å². The zero-order valence-electron chi connectivity index (χ0n) is 11.3. The van der Waals surface area contributed by atoms with Crippen molar-refractivity contribution in [3.05, 3.63) is 52.4 Å². The Kier molecular flexibility index (Phi) is 3.23. The molecule has 0 atom stereocenters. The Morgan fingerprint density at radius 3 is 3.10 bits per heavy atom. The molecule has 0 fully saturated rings. The van der Waals surface area contributed by atoms with E-state index in [-0.39, 0.29) is 5.91 Å². The molecule has 102 valence electrons. The summed E-state index contributed by atoms with van der Waals surface area (Å²) in [5.74, 6) is -0.0470. The van der Waals surface area contributed by atoms with Gasteiger partial charge in [-0.2, -0.15) is 0 Å². The van der Waals surface area contributed by atoms with Gasteiger partial charge in [0.05, 0.1) is 29.0 Å². The molecule has 5 nitrogen and oxygen atoms in total. The van der Waals surface area contributed by atoms with Gasteiger partial charge in [-0.15, -0.1) is 11.3 Å². The molecule has 0 aliphatic rings. The average molecular weight is 286 g/mol. The fraction of sp³-hybridized carbons (Fsp3) is 0.214. The summed E-state index contributed by atoms with van der Waals surface area (Å²) in [6.07, 6.45) is 3.80. The van der Waals surface area contributed by atoms with Gasteiger partial charge in [0, 0.05) is 24.8 Å². The fourth-order valence-electron chi connectivity index (χ4n) is 2.14. The highest BCUT2D eigenvalue weighted by atomic mass is 32.1. The molecule has 0 aliphatic carbocycles. The number of thiazole rings is 1. The van der Waals surface area contributed by atoms with Gasteiger partial charge in [-0.25, -0.2) is 9.97 Å². The van der Waals surface area contributed by atoms with Crippen molar-refractivity contribution in [1.82, 2.24) is 19.3 Å². The maximum absolute atomic E-state index is 12.5. The molecule has 3 rings (SSSR count). The van der Waals surface area contributed by atoms with Crippen LogP contribution < -0.4 is 0 Å². The molecular weight excluding hydrogens is 272 g/mol. The molecule has 20 heavy (non-hydrogen) atoms. The Bertz CT molecular complexity index is 748. The van der Waals surface area contributed by atoms with E-state index >= 15 is 0 Å². The Morgan fingerprint density at radius 1 is 1.50 bits per heavy atom. The van der Waals surface area contributed by atoms with Crippen LogP contribution >= 0.6 is 11.3 Å².